The lowest BCUT2D eigenvalue weighted by Crippen LogP contribution is -2.48. The number of allylic oxidation sites excluding steroid dienone is 5. The van der Waals surface area contributed by atoms with Crippen LogP contribution < -0.4 is 21.3 Å². The van der Waals surface area contributed by atoms with Crippen molar-refractivity contribution in [1.29, 1.82) is 0 Å². The maximum Gasteiger partial charge on any atom is 0.239 e. The Bertz CT molecular complexity index is 2450. The van der Waals surface area contributed by atoms with Gasteiger partial charge in [-0.05, 0) is 176 Å². The van der Waals surface area contributed by atoms with Gasteiger partial charge in [0.1, 0.15) is 12.1 Å². The highest BCUT2D eigenvalue weighted by atomic mass is 16.2. The van der Waals surface area contributed by atoms with E-state index >= 15 is 0 Å². The summed E-state index contributed by atoms with van der Waals surface area (Å²) in [4.78, 5) is 38.6. The van der Waals surface area contributed by atoms with Crippen molar-refractivity contribution in [2.45, 2.75) is 155 Å². The number of nitrogens with one attached hydrogen (secondary N) is 4. The first-order valence-corrected chi connectivity index (χ1v) is 26.2. The second-order valence-corrected chi connectivity index (χ2v) is 23.7. The molecule has 68 heavy (non-hydrogen) atoms. The SMILES string of the molecule is C=C1C=CC=CC1C1CCC(C2CC(NC(=O)CNc3ccnc4ccc(C(C)(C)C)cc34)C2)CC1.CC(C)C1CCC(C2CC(NC(=O)CNc3ncnc4ccc(C(C)(C)C)cc34)C2)CC1. The number of carbonyl (C=O) groups excluding carboxylic acids is 2. The quantitative estimate of drug-likeness (QED) is 0.112. The minimum atomic E-state index is 0.0491. The molecule has 4 fully saturated rings. The van der Waals surface area contributed by atoms with E-state index in [1.165, 1.54) is 68.1 Å². The van der Waals surface area contributed by atoms with Crippen LogP contribution in [0.25, 0.3) is 21.8 Å². The number of nitrogens with zero attached hydrogens (tertiary/aromatic N) is 3. The van der Waals surface area contributed by atoms with Crippen LogP contribution in [-0.4, -0.2) is 51.9 Å². The number of amides is 2. The van der Waals surface area contributed by atoms with Crippen molar-refractivity contribution in [3.05, 3.63) is 103 Å². The Hall–Kier alpha value is -5.05. The number of pyridine rings is 1. The van der Waals surface area contributed by atoms with E-state index in [1.807, 2.05) is 18.3 Å². The van der Waals surface area contributed by atoms with Gasteiger partial charge in [0, 0.05) is 40.7 Å². The highest BCUT2D eigenvalue weighted by Gasteiger charge is 2.39. The monoisotopic (exact) mass is 920 g/mol. The molecule has 0 spiro atoms. The molecule has 2 aromatic heterocycles. The summed E-state index contributed by atoms with van der Waals surface area (Å²) in [6, 6.07) is 15.3. The van der Waals surface area contributed by atoms with Crippen LogP contribution in [0, 0.1) is 47.3 Å². The maximum atomic E-state index is 12.7. The fraction of sp³-hybridized carbons (Fsp3) is 0.576. The molecule has 0 radical (unpaired) electrons. The number of benzene rings is 2. The zero-order valence-electron chi connectivity index (χ0n) is 42.5. The van der Waals surface area contributed by atoms with E-state index in [0.717, 1.165) is 100 Å². The summed E-state index contributed by atoms with van der Waals surface area (Å²) in [5.74, 6) is 7.17. The number of hydrogen-bond acceptors (Lipinski definition) is 7. The van der Waals surface area contributed by atoms with Crippen LogP contribution in [0.3, 0.4) is 0 Å². The number of rotatable bonds is 12. The van der Waals surface area contributed by atoms with Gasteiger partial charge in [-0.3, -0.25) is 14.6 Å². The summed E-state index contributed by atoms with van der Waals surface area (Å²) in [5.41, 5.74) is 6.70. The van der Waals surface area contributed by atoms with Gasteiger partial charge in [-0.15, -0.1) is 0 Å². The molecule has 0 saturated heterocycles. The smallest absolute Gasteiger partial charge is 0.239 e. The zero-order chi connectivity index (χ0) is 48.2. The largest absolute Gasteiger partial charge is 0.376 e. The summed E-state index contributed by atoms with van der Waals surface area (Å²) in [6.07, 6.45) is 27.5. The molecule has 2 heterocycles. The van der Waals surface area contributed by atoms with Crippen molar-refractivity contribution in [1.82, 2.24) is 25.6 Å². The average molecular weight is 920 g/mol. The second-order valence-electron chi connectivity index (χ2n) is 23.7. The van der Waals surface area contributed by atoms with Crippen LogP contribution in [0.2, 0.25) is 0 Å². The van der Waals surface area contributed by atoms with Gasteiger partial charge < -0.3 is 21.3 Å². The minimum Gasteiger partial charge on any atom is -0.376 e. The summed E-state index contributed by atoms with van der Waals surface area (Å²) < 4.78 is 0. The molecule has 2 amide bonds. The Morgan fingerprint density at radius 1 is 0.632 bits per heavy atom. The minimum absolute atomic E-state index is 0.0491. The van der Waals surface area contributed by atoms with Gasteiger partial charge in [-0.1, -0.05) is 98.4 Å². The molecule has 9 nitrogen and oxygen atoms in total. The topological polar surface area (TPSA) is 121 Å². The van der Waals surface area contributed by atoms with Gasteiger partial charge in [0.05, 0.1) is 24.1 Å². The summed E-state index contributed by atoms with van der Waals surface area (Å²) in [7, 11) is 0. The van der Waals surface area contributed by atoms with Crippen molar-refractivity contribution in [2.75, 3.05) is 23.7 Å². The Kier molecular flexibility index (Phi) is 15.5. The Labute approximate surface area is 407 Å². The van der Waals surface area contributed by atoms with E-state index in [9.17, 15) is 9.59 Å². The van der Waals surface area contributed by atoms with Crippen LogP contribution in [0.1, 0.15) is 144 Å². The van der Waals surface area contributed by atoms with Crippen molar-refractivity contribution in [3.63, 3.8) is 0 Å². The van der Waals surface area contributed by atoms with E-state index in [1.54, 1.807) is 6.33 Å². The van der Waals surface area contributed by atoms with E-state index in [4.69, 9.17) is 0 Å². The summed E-state index contributed by atoms with van der Waals surface area (Å²) >= 11 is 0. The first kappa shape index (κ1) is 49.4. The van der Waals surface area contributed by atoms with E-state index < -0.39 is 0 Å². The van der Waals surface area contributed by atoms with Gasteiger partial charge >= 0.3 is 0 Å². The molecule has 4 aromatic rings. The molecule has 9 heteroatoms. The first-order chi connectivity index (χ1) is 32.5. The van der Waals surface area contributed by atoms with E-state index in [2.05, 4.69) is 153 Å². The molecule has 0 aliphatic heterocycles. The Balaban J connectivity index is 0.000000185. The van der Waals surface area contributed by atoms with Crippen LogP contribution in [0.5, 0.6) is 0 Å². The lowest BCUT2D eigenvalue weighted by atomic mass is 9.64. The molecular formula is C59H81N7O2. The van der Waals surface area contributed by atoms with Crippen LogP contribution >= 0.6 is 0 Å². The maximum absolute atomic E-state index is 12.7. The molecule has 4 saturated carbocycles. The molecule has 2 aromatic carbocycles. The molecule has 5 aliphatic carbocycles. The molecule has 1 unspecified atom stereocenters. The first-order valence-electron chi connectivity index (χ1n) is 26.2. The normalized spacial score (nSPS) is 27.1. The number of hydrogen-bond donors (Lipinski definition) is 4. The molecule has 5 aliphatic rings. The van der Waals surface area contributed by atoms with Gasteiger partial charge in [-0.25, -0.2) is 9.97 Å². The van der Waals surface area contributed by atoms with Crippen LogP contribution in [-0.2, 0) is 20.4 Å². The third-order valence-corrected chi connectivity index (χ3v) is 16.6. The molecular weight excluding hydrogens is 839 g/mol. The molecule has 0 bridgehead atoms. The molecule has 1 atom stereocenters. The second kappa shape index (κ2) is 21.3. The predicted molar refractivity (Wildman–Crippen MR) is 282 cm³/mol. The van der Waals surface area contributed by atoms with Gasteiger partial charge in [0.15, 0.2) is 0 Å². The lowest BCUT2D eigenvalue weighted by molar-refractivity contribution is -0.122. The summed E-state index contributed by atoms with van der Waals surface area (Å²) in [6.45, 7) is 22.7. The van der Waals surface area contributed by atoms with Gasteiger partial charge in [0.2, 0.25) is 11.8 Å². The van der Waals surface area contributed by atoms with Crippen molar-refractivity contribution in [2.24, 2.45) is 47.3 Å². The third-order valence-electron chi connectivity index (χ3n) is 16.6. The van der Waals surface area contributed by atoms with E-state index in [-0.39, 0.29) is 29.2 Å². The highest BCUT2D eigenvalue weighted by Crippen LogP contribution is 2.46. The highest BCUT2D eigenvalue weighted by molar-refractivity contribution is 5.94. The number of anilines is 2. The fourth-order valence-corrected chi connectivity index (χ4v) is 12.0. The Morgan fingerprint density at radius 2 is 1.16 bits per heavy atom. The standard InChI is InChI=1S/C32H41N3O.C27H40N4O/c1-21-7-5-6-8-27(21)23-11-9-22(10-12-23)24-17-26(18-24)35-31(36)20-34-30-15-16-33-29-14-13-25(19-28(29)30)32(2,3)4;1-17(2)18-6-8-19(9-7-18)20-12-22(13-20)31-25(32)15-28-26-23-14-21(27(3,4)5)10-11-24(23)29-16-30-26/h5-8,13-16,19,22-24,26-27H,1,9-12,17-18,20H2,2-4H3,(H,33,34)(H,35,36);10-11,14,16-20,22H,6-9,12-13,15H2,1-5H3,(H,31,32)(H,28,29,30). The number of carbonyl (C=O) groups is 2. The van der Waals surface area contributed by atoms with Crippen LogP contribution in [0.15, 0.2) is 91.4 Å². The van der Waals surface area contributed by atoms with Crippen molar-refractivity contribution < 1.29 is 9.59 Å². The Morgan fingerprint density at radius 3 is 1.72 bits per heavy atom. The molecule has 364 valence electrons. The fourth-order valence-electron chi connectivity index (χ4n) is 12.0. The van der Waals surface area contributed by atoms with Crippen molar-refractivity contribution in [3.8, 4) is 0 Å². The van der Waals surface area contributed by atoms with Gasteiger partial charge in [0.25, 0.3) is 0 Å². The zero-order valence-corrected chi connectivity index (χ0v) is 42.5. The average Bonchev–Trinajstić information content (AvgIpc) is 3.29. The summed E-state index contributed by atoms with van der Waals surface area (Å²) in [5, 5.41) is 15.1. The molecule has 4 N–H and O–H groups in total. The lowest BCUT2D eigenvalue weighted by Gasteiger charge is -2.44. The third kappa shape index (κ3) is 12.2. The van der Waals surface area contributed by atoms with Gasteiger partial charge in [-0.2, -0.15) is 0 Å². The predicted octanol–water partition coefficient (Wildman–Crippen LogP) is 12.6. The van der Waals surface area contributed by atoms with Crippen molar-refractivity contribution >= 4 is 45.1 Å². The van der Waals surface area contributed by atoms with Crippen LogP contribution in [0.4, 0.5) is 11.5 Å². The number of fused-ring (bicyclic) bond motifs is 2. The number of aromatic nitrogens is 3. The molecule has 9 rings (SSSR count). The van der Waals surface area contributed by atoms with E-state index in [0.29, 0.717) is 24.5 Å².